The van der Waals surface area contributed by atoms with Gasteiger partial charge in [-0.3, -0.25) is 9.59 Å². The molecule has 8 heteroatoms. The standard InChI is InChI=1S/C19H29N3O5/c1-5-26-15-8-6-14(7-9-15)17(24)21-13-12-20-16(23)10-11-22-18(25)27-19(2,3)4/h6-9H,5,10-13H2,1-4H3,(H,20,23)(H,21,24)(H,22,25). The van der Waals surface area contributed by atoms with Crippen LogP contribution in [0, 0.1) is 0 Å². The quantitative estimate of drug-likeness (QED) is 0.568. The first-order chi connectivity index (χ1) is 12.7. The monoisotopic (exact) mass is 379 g/mol. The second-order valence-electron chi connectivity index (χ2n) is 6.74. The predicted molar refractivity (Wildman–Crippen MR) is 102 cm³/mol. The van der Waals surface area contributed by atoms with Crippen LogP contribution in [0.1, 0.15) is 44.5 Å². The van der Waals surface area contributed by atoms with Gasteiger partial charge in [-0.05, 0) is 52.0 Å². The summed E-state index contributed by atoms with van der Waals surface area (Å²) in [5, 5.41) is 7.90. The molecule has 0 heterocycles. The molecule has 0 fully saturated rings. The number of rotatable bonds is 9. The average molecular weight is 379 g/mol. The van der Waals surface area contributed by atoms with Crippen LogP contribution in [0.4, 0.5) is 4.79 Å². The summed E-state index contributed by atoms with van der Waals surface area (Å²) in [6, 6.07) is 6.83. The van der Waals surface area contributed by atoms with E-state index in [0.29, 0.717) is 31.0 Å². The van der Waals surface area contributed by atoms with Gasteiger partial charge in [0.1, 0.15) is 11.4 Å². The number of amides is 3. The molecule has 1 aromatic rings. The lowest BCUT2D eigenvalue weighted by Crippen LogP contribution is -2.37. The van der Waals surface area contributed by atoms with E-state index < -0.39 is 11.7 Å². The fourth-order valence-corrected chi connectivity index (χ4v) is 2.03. The summed E-state index contributed by atoms with van der Waals surface area (Å²) in [6.45, 7) is 8.54. The zero-order valence-corrected chi connectivity index (χ0v) is 16.4. The minimum atomic E-state index is -0.576. The molecular formula is C19H29N3O5. The van der Waals surface area contributed by atoms with Gasteiger partial charge in [0.2, 0.25) is 5.91 Å². The summed E-state index contributed by atoms with van der Waals surface area (Å²) in [7, 11) is 0. The number of hydrogen-bond donors (Lipinski definition) is 3. The minimum absolute atomic E-state index is 0.131. The normalized spacial score (nSPS) is 10.7. The van der Waals surface area contributed by atoms with Gasteiger partial charge in [-0.15, -0.1) is 0 Å². The van der Waals surface area contributed by atoms with Crippen LogP contribution in [0.5, 0.6) is 5.75 Å². The Hall–Kier alpha value is -2.77. The third-order valence-corrected chi connectivity index (χ3v) is 3.18. The summed E-state index contributed by atoms with van der Waals surface area (Å²) in [6.07, 6.45) is -0.426. The van der Waals surface area contributed by atoms with Gasteiger partial charge in [0.05, 0.1) is 6.61 Å². The second-order valence-corrected chi connectivity index (χ2v) is 6.74. The molecule has 27 heavy (non-hydrogen) atoms. The highest BCUT2D eigenvalue weighted by Gasteiger charge is 2.15. The maximum absolute atomic E-state index is 12.0. The summed E-state index contributed by atoms with van der Waals surface area (Å²) in [5.74, 6) is 0.265. The molecule has 0 saturated carbocycles. The van der Waals surface area contributed by atoms with Crippen molar-refractivity contribution in [2.24, 2.45) is 0 Å². The van der Waals surface area contributed by atoms with Crippen LogP contribution in [0.15, 0.2) is 24.3 Å². The molecule has 150 valence electrons. The number of carbonyl (C=O) groups excluding carboxylic acids is 3. The van der Waals surface area contributed by atoms with Crippen molar-refractivity contribution in [2.75, 3.05) is 26.2 Å². The molecule has 3 N–H and O–H groups in total. The van der Waals surface area contributed by atoms with E-state index in [1.54, 1.807) is 45.0 Å². The van der Waals surface area contributed by atoms with Crippen molar-refractivity contribution in [3.8, 4) is 5.75 Å². The number of nitrogens with one attached hydrogen (secondary N) is 3. The Labute approximate surface area is 160 Å². The maximum Gasteiger partial charge on any atom is 0.407 e. The largest absolute Gasteiger partial charge is 0.494 e. The molecule has 0 aliphatic carbocycles. The molecule has 0 radical (unpaired) electrons. The molecule has 0 saturated heterocycles. The van der Waals surface area contributed by atoms with Gasteiger partial charge in [0, 0.05) is 31.6 Å². The van der Waals surface area contributed by atoms with Gasteiger partial charge < -0.3 is 25.4 Å². The number of carbonyl (C=O) groups is 3. The van der Waals surface area contributed by atoms with Crippen molar-refractivity contribution in [1.29, 1.82) is 0 Å². The van der Waals surface area contributed by atoms with Crippen LogP contribution < -0.4 is 20.7 Å². The Kier molecular flexibility index (Phi) is 9.12. The van der Waals surface area contributed by atoms with E-state index in [-0.39, 0.29) is 24.8 Å². The molecule has 0 bridgehead atoms. The first-order valence-corrected chi connectivity index (χ1v) is 8.96. The van der Waals surface area contributed by atoms with Crippen molar-refractivity contribution >= 4 is 17.9 Å². The smallest absolute Gasteiger partial charge is 0.407 e. The fourth-order valence-electron chi connectivity index (χ4n) is 2.03. The Balaban J connectivity index is 2.17. The van der Waals surface area contributed by atoms with Crippen molar-refractivity contribution in [2.45, 2.75) is 39.7 Å². The third kappa shape index (κ3) is 10.1. The number of hydrogen-bond acceptors (Lipinski definition) is 5. The molecule has 0 aliphatic heterocycles. The van der Waals surface area contributed by atoms with Gasteiger partial charge in [-0.2, -0.15) is 0 Å². The highest BCUT2D eigenvalue weighted by molar-refractivity contribution is 5.94. The molecule has 8 nitrogen and oxygen atoms in total. The van der Waals surface area contributed by atoms with Crippen LogP contribution >= 0.6 is 0 Å². The van der Waals surface area contributed by atoms with Crippen LogP contribution in [-0.4, -0.2) is 49.7 Å². The molecule has 0 aromatic heterocycles. The van der Waals surface area contributed by atoms with Gasteiger partial charge >= 0.3 is 6.09 Å². The Bertz CT molecular complexity index is 623. The Morgan fingerprint density at radius 1 is 0.926 bits per heavy atom. The number of alkyl carbamates (subject to hydrolysis) is 1. The van der Waals surface area contributed by atoms with Crippen LogP contribution in [0.2, 0.25) is 0 Å². The molecule has 0 spiro atoms. The van der Waals surface area contributed by atoms with E-state index in [1.165, 1.54) is 0 Å². The molecular weight excluding hydrogens is 350 g/mol. The van der Waals surface area contributed by atoms with E-state index >= 15 is 0 Å². The average Bonchev–Trinajstić information content (AvgIpc) is 2.58. The first-order valence-electron chi connectivity index (χ1n) is 8.96. The lowest BCUT2D eigenvalue weighted by Gasteiger charge is -2.19. The zero-order valence-electron chi connectivity index (χ0n) is 16.4. The highest BCUT2D eigenvalue weighted by Crippen LogP contribution is 2.11. The summed E-state index contributed by atoms with van der Waals surface area (Å²) >= 11 is 0. The summed E-state index contributed by atoms with van der Waals surface area (Å²) in [4.78, 5) is 35.1. The van der Waals surface area contributed by atoms with Gasteiger partial charge in [0.25, 0.3) is 5.91 Å². The lowest BCUT2D eigenvalue weighted by atomic mass is 10.2. The van der Waals surface area contributed by atoms with E-state index in [1.807, 2.05) is 6.92 Å². The van der Waals surface area contributed by atoms with E-state index in [4.69, 9.17) is 9.47 Å². The zero-order chi connectivity index (χ0) is 20.3. The molecule has 3 amide bonds. The van der Waals surface area contributed by atoms with E-state index in [2.05, 4.69) is 16.0 Å². The number of benzene rings is 1. The van der Waals surface area contributed by atoms with E-state index in [0.717, 1.165) is 0 Å². The first kappa shape index (κ1) is 22.3. The summed E-state index contributed by atoms with van der Waals surface area (Å²) in [5.41, 5.74) is -0.0557. The minimum Gasteiger partial charge on any atom is -0.494 e. The van der Waals surface area contributed by atoms with Crippen molar-refractivity contribution in [3.63, 3.8) is 0 Å². The molecule has 1 aromatic carbocycles. The molecule has 1 rings (SSSR count). The van der Waals surface area contributed by atoms with E-state index in [9.17, 15) is 14.4 Å². The maximum atomic E-state index is 12.0. The van der Waals surface area contributed by atoms with Gasteiger partial charge in [0.15, 0.2) is 0 Å². The van der Waals surface area contributed by atoms with Crippen LogP contribution in [-0.2, 0) is 9.53 Å². The van der Waals surface area contributed by atoms with Crippen LogP contribution in [0.3, 0.4) is 0 Å². The molecule has 0 atom stereocenters. The Morgan fingerprint density at radius 2 is 1.56 bits per heavy atom. The Morgan fingerprint density at radius 3 is 2.15 bits per heavy atom. The third-order valence-electron chi connectivity index (χ3n) is 3.18. The second kappa shape index (κ2) is 11.1. The fraction of sp³-hybridized carbons (Fsp3) is 0.526. The van der Waals surface area contributed by atoms with Gasteiger partial charge in [-0.1, -0.05) is 0 Å². The molecule has 0 aliphatic rings. The molecule has 0 unspecified atom stereocenters. The van der Waals surface area contributed by atoms with Crippen molar-refractivity contribution in [3.05, 3.63) is 29.8 Å². The van der Waals surface area contributed by atoms with Gasteiger partial charge in [-0.25, -0.2) is 4.79 Å². The van der Waals surface area contributed by atoms with Crippen LogP contribution in [0.25, 0.3) is 0 Å². The summed E-state index contributed by atoms with van der Waals surface area (Å²) < 4.78 is 10.4. The topological polar surface area (TPSA) is 106 Å². The van der Waals surface area contributed by atoms with Crippen molar-refractivity contribution in [1.82, 2.24) is 16.0 Å². The highest BCUT2D eigenvalue weighted by atomic mass is 16.6. The predicted octanol–water partition coefficient (Wildman–Crippen LogP) is 1.85. The lowest BCUT2D eigenvalue weighted by molar-refractivity contribution is -0.120. The number of ether oxygens (including phenoxy) is 2. The SMILES string of the molecule is CCOc1ccc(C(=O)NCCNC(=O)CCNC(=O)OC(C)(C)C)cc1. The van der Waals surface area contributed by atoms with Crippen molar-refractivity contribution < 1.29 is 23.9 Å².